The first kappa shape index (κ1) is 21.8. The maximum Gasteiger partial charge on any atom is 0.253 e. The van der Waals surface area contributed by atoms with Gasteiger partial charge in [0, 0.05) is 6.54 Å². The zero-order valence-corrected chi connectivity index (χ0v) is 17.1. The Bertz CT molecular complexity index is 1020. The molecule has 3 aromatic rings. The highest BCUT2D eigenvalue weighted by Crippen LogP contribution is 2.15. The molecule has 0 saturated heterocycles. The van der Waals surface area contributed by atoms with Crippen molar-refractivity contribution in [2.24, 2.45) is 0 Å². The van der Waals surface area contributed by atoms with Gasteiger partial charge in [0.1, 0.15) is 0 Å². The average Bonchev–Trinajstić information content (AvgIpc) is 2.79. The second-order valence-electron chi connectivity index (χ2n) is 7.02. The third-order valence-corrected chi connectivity index (χ3v) is 4.64. The van der Waals surface area contributed by atoms with E-state index in [0.717, 1.165) is 11.1 Å². The SMILES string of the molecule is O=C(Cc1ccccc1)NCC(=O)Nc1ccccc1C(=O)NCCc1ccccc1. The molecule has 158 valence electrons. The van der Waals surface area contributed by atoms with Gasteiger partial charge in [-0.2, -0.15) is 0 Å². The fraction of sp³-hybridized carbons (Fsp3) is 0.160. The number of hydrogen-bond acceptors (Lipinski definition) is 3. The van der Waals surface area contributed by atoms with Crippen LogP contribution in [0.15, 0.2) is 84.9 Å². The molecule has 3 aromatic carbocycles. The summed E-state index contributed by atoms with van der Waals surface area (Å²) in [6, 6.07) is 26.0. The molecule has 31 heavy (non-hydrogen) atoms. The minimum Gasteiger partial charge on any atom is -0.352 e. The molecule has 0 atom stereocenters. The van der Waals surface area contributed by atoms with Crippen molar-refractivity contribution in [3.63, 3.8) is 0 Å². The van der Waals surface area contributed by atoms with Gasteiger partial charge < -0.3 is 16.0 Å². The maximum atomic E-state index is 12.6. The maximum absolute atomic E-state index is 12.6. The molecule has 0 aliphatic rings. The summed E-state index contributed by atoms with van der Waals surface area (Å²) < 4.78 is 0. The smallest absolute Gasteiger partial charge is 0.253 e. The van der Waals surface area contributed by atoms with E-state index in [-0.39, 0.29) is 24.8 Å². The Kier molecular flexibility index (Phi) is 7.94. The number of para-hydroxylation sites is 1. The predicted octanol–water partition coefficient (Wildman–Crippen LogP) is 2.96. The lowest BCUT2D eigenvalue weighted by Crippen LogP contribution is -2.34. The Balaban J connectivity index is 1.49. The molecule has 0 radical (unpaired) electrons. The van der Waals surface area contributed by atoms with Gasteiger partial charge in [0.15, 0.2) is 0 Å². The van der Waals surface area contributed by atoms with Crippen molar-refractivity contribution in [1.29, 1.82) is 0 Å². The summed E-state index contributed by atoms with van der Waals surface area (Å²) >= 11 is 0. The van der Waals surface area contributed by atoms with Gasteiger partial charge in [-0.25, -0.2) is 0 Å². The molecule has 6 heteroatoms. The normalized spacial score (nSPS) is 10.2. The van der Waals surface area contributed by atoms with E-state index in [0.29, 0.717) is 24.2 Å². The van der Waals surface area contributed by atoms with Gasteiger partial charge in [-0.1, -0.05) is 72.8 Å². The van der Waals surface area contributed by atoms with Crippen LogP contribution in [0.2, 0.25) is 0 Å². The van der Waals surface area contributed by atoms with Gasteiger partial charge in [0.25, 0.3) is 5.91 Å². The molecule has 0 aromatic heterocycles. The first-order chi connectivity index (χ1) is 15.1. The van der Waals surface area contributed by atoms with Crippen LogP contribution in [0.1, 0.15) is 21.5 Å². The van der Waals surface area contributed by atoms with E-state index < -0.39 is 5.91 Å². The number of anilines is 1. The zero-order valence-electron chi connectivity index (χ0n) is 17.1. The molecule has 3 N–H and O–H groups in total. The Labute approximate surface area is 181 Å². The van der Waals surface area contributed by atoms with E-state index in [1.807, 2.05) is 60.7 Å². The summed E-state index contributed by atoms with van der Waals surface area (Å²) in [6.07, 6.45) is 0.920. The summed E-state index contributed by atoms with van der Waals surface area (Å²) in [5.74, 6) is -0.904. The van der Waals surface area contributed by atoms with Gasteiger partial charge >= 0.3 is 0 Å². The van der Waals surface area contributed by atoms with Crippen molar-refractivity contribution >= 4 is 23.4 Å². The van der Waals surface area contributed by atoms with E-state index in [4.69, 9.17) is 0 Å². The van der Waals surface area contributed by atoms with Crippen molar-refractivity contribution in [1.82, 2.24) is 10.6 Å². The van der Waals surface area contributed by atoms with Gasteiger partial charge in [-0.3, -0.25) is 14.4 Å². The van der Waals surface area contributed by atoms with Crippen LogP contribution in [0.3, 0.4) is 0 Å². The number of amides is 3. The molecule has 0 aliphatic heterocycles. The lowest BCUT2D eigenvalue weighted by Gasteiger charge is -2.12. The predicted molar refractivity (Wildman–Crippen MR) is 121 cm³/mol. The average molecular weight is 415 g/mol. The van der Waals surface area contributed by atoms with Crippen LogP contribution in [0.4, 0.5) is 5.69 Å². The molecule has 0 unspecified atom stereocenters. The first-order valence-electron chi connectivity index (χ1n) is 10.1. The highest BCUT2D eigenvalue weighted by molar-refractivity contribution is 6.04. The van der Waals surface area contributed by atoms with Crippen molar-refractivity contribution < 1.29 is 14.4 Å². The number of rotatable bonds is 9. The molecule has 0 aliphatic carbocycles. The number of hydrogen-bond donors (Lipinski definition) is 3. The lowest BCUT2D eigenvalue weighted by atomic mass is 10.1. The summed E-state index contributed by atoms with van der Waals surface area (Å²) in [5, 5.41) is 8.18. The molecule has 3 rings (SSSR count). The second kappa shape index (κ2) is 11.3. The standard InChI is InChI=1S/C25H25N3O3/c29-23(17-20-11-5-2-6-12-20)27-18-24(30)28-22-14-8-7-13-21(22)25(31)26-16-15-19-9-3-1-4-10-19/h1-14H,15-18H2,(H,26,31)(H,27,29)(H,28,30). The van der Waals surface area contributed by atoms with Gasteiger partial charge in [-0.15, -0.1) is 0 Å². The molecule has 0 heterocycles. The summed E-state index contributed by atoms with van der Waals surface area (Å²) in [4.78, 5) is 36.9. The van der Waals surface area contributed by atoms with Crippen LogP contribution >= 0.6 is 0 Å². The Morgan fingerprint density at radius 3 is 1.97 bits per heavy atom. The summed E-state index contributed by atoms with van der Waals surface area (Å²) in [6.45, 7) is 0.316. The fourth-order valence-corrected chi connectivity index (χ4v) is 3.07. The van der Waals surface area contributed by atoms with Gasteiger partial charge in [0.05, 0.1) is 24.2 Å². The molecule has 0 bridgehead atoms. The van der Waals surface area contributed by atoms with E-state index in [1.54, 1.807) is 24.3 Å². The number of nitrogens with one attached hydrogen (secondary N) is 3. The third kappa shape index (κ3) is 7.12. The van der Waals surface area contributed by atoms with Crippen molar-refractivity contribution in [2.45, 2.75) is 12.8 Å². The molecule has 0 fully saturated rings. The molecular formula is C25H25N3O3. The summed E-state index contributed by atoms with van der Waals surface area (Å²) in [5.41, 5.74) is 2.79. The largest absolute Gasteiger partial charge is 0.352 e. The van der Waals surface area contributed by atoms with Crippen molar-refractivity contribution in [2.75, 3.05) is 18.4 Å². The van der Waals surface area contributed by atoms with Crippen molar-refractivity contribution in [3.8, 4) is 0 Å². The molecule has 3 amide bonds. The minimum absolute atomic E-state index is 0.171. The van der Waals surface area contributed by atoms with Crippen LogP contribution in [0, 0.1) is 0 Å². The van der Waals surface area contributed by atoms with Crippen LogP contribution in [0.5, 0.6) is 0 Å². The molecule has 0 spiro atoms. The van der Waals surface area contributed by atoms with E-state index >= 15 is 0 Å². The second-order valence-corrected chi connectivity index (χ2v) is 7.02. The van der Waals surface area contributed by atoms with E-state index in [9.17, 15) is 14.4 Å². The Morgan fingerprint density at radius 1 is 0.645 bits per heavy atom. The van der Waals surface area contributed by atoms with Crippen LogP contribution < -0.4 is 16.0 Å². The fourth-order valence-electron chi connectivity index (χ4n) is 3.07. The topological polar surface area (TPSA) is 87.3 Å². The molecule has 0 saturated carbocycles. The molecular weight excluding hydrogens is 390 g/mol. The summed E-state index contributed by atoms with van der Waals surface area (Å²) in [7, 11) is 0. The van der Waals surface area contributed by atoms with Crippen LogP contribution in [0.25, 0.3) is 0 Å². The first-order valence-corrected chi connectivity index (χ1v) is 10.1. The van der Waals surface area contributed by atoms with E-state index in [1.165, 1.54) is 0 Å². The monoisotopic (exact) mass is 415 g/mol. The Hall–Kier alpha value is -3.93. The highest BCUT2D eigenvalue weighted by atomic mass is 16.2. The Morgan fingerprint density at radius 2 is 1.26 bits per heavy atom. The zero-order chi connectivity index (χ0) is 21.9. The van der Waals surface area contributed by atoms with Gasteiger partial charge in [-0.05, 0) is 29.7 Å². The van der Waals surface area contributed by atoms with Crippen molar-refractivity contribution in [3.05, 3.63) is 102 Å². The number of benzene rings is 3. The molecule has 6 nitrogen and oxygen atoms in total. The van der Waals surface area contributed by atoms with E-state index in [2.05, 4.69) is 16.0 Å². The van der Waals surface area contributed by atoms with Crippen LogP contribution in [-0.2, 0) is 22.4 Å². The van der Waals surface area contributed by atoms with Gasteiger partial charge in [0.2, 0.25) is 11.8 Å². The lowest BCUT2D eigenvalue weighted by molar-refractivity contribution is -0.123. The quantitative estimate of drug-likeness (QED) is 0.502. The van der Waals surface area contributed by atoms with Crippen LogP contribution in [-0.4, -0.2) is 30.8 Å². The number of carbonyl (C=O) groups excluding carboxylic acids is 3. The minimum atomic E-state index is -0.397. The third-order valence-electron chi connectivity index (χ3n) is 4.64. The highest BCUT2D eigenvalue weighted by Gasteiger charge is 2.13. The number of carbonyl (C=O) groups is 3.